The molecule has 0 spiro atoms. The van der Waals surface area contributed by atoms with Crippen LogP contribution < -0.4 is 14.8 Å². The molecule has 2 heterocycles. The number of carbonyl (C=O) groups excluding carboxylic acids is 1. The average Bonchev–Trinajstić information content (AvgIpc) is 2.55. The Labute approximate surface area is 125 Å². The normalized spacial score (nSPS) is 19.0. The van der Waals surface area contributed by atoms with Gasteiger partial charge in [-0.25, -0.2) is 0 Å². The van der Waals surface area contributed by atoms with E-state index in [-0.39, 0.29) is 11.9 Å². The summed E-state index contributed by atoms with van der Waals surface area (Å²) in [6, 6.07) is 5.47. The lowest BCUT2D eigenvalue weighted by Crippen LogP contribution is -2.43. The molecule has 1 fully saturated rings. The van der Waals surface area contributed by atoms with Gasteiger partial charge in [-0.1, -0.05) is 0 Å². The van der Waals surface area contributed by atoms with Gasteiger partial charge in [0.2, 0.25) is 5.91 Å². The van der Waals surface area contributed by atoms with Crippen LogP contribution in [0.2, 0.25) is 0 Å². The largest absolute Gasteiger partial charge is 0.486 e. The highest BCUT2D eigenvalue weighted by atomic mass is 16.6. The van der Waals surface area contributed by atoms with E-state index in [0.717, 1.165) is 43.1 Å². The minimum Gasteiger partial charge on any atom is -0.486 e. The quantitative estimate of drug-likeness (QED) is 0.928. The second-order valence-electron chi connectivity index (χ2n) is 5.61. The zero-order chi connectivity index (χ0) is 14.7. The highest BCUT2D eigenvalue weighted by Gasteiger charge is 2.22. The zero-order valence-electron chi connectivity index (χ0n) is 12.4. The number of piperidine rings is 1. The molecule has 0 saturated carbocycles. The molecule has 114 valence electrons. The third-order valence-electron chi connectivity index (χ3n) is 3.96. The fourth-order valence-electron chi connectivity index (χ4n) is 2.83. The number of amides is 1. The molecule has 1 saturated heterocycles. The number of benzene rings is 1. The van der Waals surface area contributed by atoms with Gasteiger partial charge in [0.05, 0.1) is 0 Å². The van der Waals surface area contributed by atoms with Crippen molar-refractivity contribution in [3.63, 3.8) is 0 Å². The number of hydrogen-bond donors (Lipinski definition) is 1. The van der Waals surface area contributed by atoms with Gasteiger partial charge in [0.25, 0.3) is 0 Å². The molecule has 5 nitrogen and oxygen atoms in total. The van der Waals surface area contributed by atoms with Gasteiger partial charge in [-0.3, -0.25) is 4.79 Å². The fraction of sp³-hybridized carbons (Fsp3) is 0.562. The molecule has 1 N–H and O–H groups in total. The SMILES string of the molecule is CC(Nc1ccc2c(c1)OCCO2)C(=O)N1CCCCC1. The lowest BCUT2D eigenvalue weighted by Gasteiger charge is -2.30. The first kappa shape index (κ1) is 14.0. The number of nitrogens with zero attached hydrogens (tertiary/aromatic N) is 1. The summed E-state index contributed by atoms with van der Waals surface area (Å²) in [4.78, 5) is 14.4. The Hall–Kier alpha value is -1.91. The summed E-state index contributed by atoms with van der Waals surface area (Å²) in [6.07, 6.45) is 3.46. The molecule has 2 aliphatic rings. The summed E-state index contributed by atoms with van der Waals surface area (Å²) in [7, 11) is 0. The summed E-state index contributed by atoms with van der Waals surface area (Å²) in [5.41, 5.74) is 0.886. The number of likely N-dealkylation sites (tertiary alicyclic amines) is 1. The van der Waals surface area contributed by atoms with E-state index in [9.17, 15) is 4.79 Å². The first-order valence-electron chi connectivity index (χ1n) is 7.69. The molecule has 1 atom stereocenters. The second-order valence-corrected chi connectivity index (χ2v) is 5.61. The molecule has 1 amide bonds. The van der Waals surface area contributed by atoms with Gasteiger partial charge in [0.1, 0.15) is 19.3 Å². The van der Waals surface area contributed by atoms with Crippen LogP contribution in [0.15, 0.2) is 18.2 Å². The van der Waals surface area contributed by atoms with E-state index in [1.807, 2.05) is 30.0 Å². The maximum Gasteiger partial charge on any atom is 0.244 e. The van der Waals surface area contributed by atoms with Crippen LogP contribution in [0, 0.1) is 0 Å². The summed E-state index contributed by atoms with van der Waals surface area (Å²) >= 11 is 0. The van der Waals surface area contributed by atoms with E-state index in [0.29, 0.717) is 13.2 Å². The van der Waals surface area contributed by atoms with Crippen molar-refractivity contribution in [3.05, 3.63) is 18.2 Å². The second kappa shape index (κ2) is 6.24. The first-order valence-corrected chi connectivity index (χ1v) is 7.69. The Morgan fingerprint density at radius 2 is 1.86 bits per heavy atom. The van der Waals surface area contributed by atoms with Gasteiger partial charge in [-0.2, -0.15) is 0 Å². The monoisotopic (exact) mass is 290 g/mol. The van der Waals surface area contributed by atoms with Crippen LogP contribution in [0.1, 0.15) is 26.2 Å². The lowest BCUT2D eigenvalue weighted by atomic mass is 10.1. The van der Waals surface area contributed by atoms with Crippen molar-refractivity contribution in [1.29, 1.82) is 0 Å². The van der Waals surface area contributed by atoms with Crippen LogP contribution >= 0.6 is 0 Å². The molecule has 0 bridgehead atoms. The molecular formula is C16H22N2O3. The van der Waals surface area contributed by atoms with Crippen molar-refractivity contribution in [3.8, 4) is 11.5 Å². The van der Waals surface area contributed by atoms with Crippen LogP contribution in [-0.4, -0.2) is 43.2 Å². The lowest BCUT2D eigenvalue weighted by molar-refractivity contribution is -0.132. The van der Waals surface area contributed by atoms with E-state index in [2.05, 4.69) is 5.32 Å². The molecule has 1 aromatic carbocycles. The Bertz CT molecular complexity index is 512. The van der Waals surface area contributed by atoms with Gasteiger partial charge in [-0.05, 0) is 38.3 Å². The number of anilines is 1. The van der Waals surface area contributed by atoms with E-state index >= 15 is 0 Å². The Morgan fingerprint density at radius 3 is 2.62 bits per heavy atom. The zero-order valence-corrected chi connectivity index (χ0v) is 12.4. The number of nitrogens with one attached hydrogen (secondary N) is 1. The smallest absolute Gasteiger partial charge is 0.244 e. The summed E-state index contributed by atoms with van der Waals surface area (Å²) in [5, 5.41) is 3.26. The number of ether oxygens (including phenoxy) is 2. The molecular weight excluding hydrogens is 268 g/mol. The molecule has 0 radical (unpaired) electrons. The molecule has 0 aliphatic carbocycles. The molecule has 21 heavy (non-hydrogen) atoms. The molecule has 3 rings (SSSR count). The molecule has 2 aliphatic heterocycles. The number of rotatable bonds is 3. The number of fused-ring (bicyclic) bond motifs is 1. The summed E-state index contributed by atoms with van der Waals surface area (Å²) in [6.45, 7) is 4.83. The van der Waals surface area contributed by atoms with Crippen molar-refractivity contribution in [2.24, 2.45) is 0 Å². The predicted octanol–water partition coefficient (Wildman–Crippen LogP) is 2.27. The van der Waals surface area contributed by atoms with Gasteiger partial charge in [0, 0.05) is 24.8 Å². The van der Waals surface area contributed by atoms with Gasteiger partial charge < -0.3 is 19.7 Å². The van der Waals surface area contributed by atoms with Crippen LogP contribution in [-0.2, 0) is 4.79 Å². The van der Waals surface area contributed by atoms with Crippen molar-refractivity contribution >= 4 is 11.6 Å². The van der Waals surface area contributed by atoms with Crippen LogP contribution in [0.3, 0.4) is 0 Å². The van der Waals surface area contributed by atoms with Crippen LogP contribution in [0.5, 0.6) is 11.5 Å². The minimum atomic E-state index is -0.231. The van der Waals surface area contributed by atoms with E-state index in [1.165, 1.54) is 6.42 Å². The summed E-state index contributed by atoms with van der Waals surface area (Å²) < 4.78 is 11.1. The number of carbonyl (C=O) groups is 1. The average molecular weight is 290 g/mol. The van der Waals surface area contributed by atoms with E-state index in [4.69, 9.17) is 9.47 Å². The molecule has 0 aromatic heterocycles. The summed E-state index contributed by atoms with van der Waals surface area (Å²) in [5.74, 6) is 1.68. The Morgan fingerprint density at radius 1 is 1.14 bits per heavy atom. The van der Waals surface area contributed by atoms with Crippen molar-refractivity contribution in [1.82, 2.24) is 4.90 Å². The van der Waals surface area contributed by atoms with Gasteiger partial charge in [0.15, 0.2) is 11.5 Å². The molecule has 5 heteroatoms. The standard InChI is InChI=1S/C16H22N2O3/c1-12(16(19)18-7-3-2-4-8-18)17-13-5-6-14-15(11-13)21-10-9-20-14/h5-6,11-12,17H,2-4,7-10H2,1H3. The maximum atomic E-state index is 12.4. The van der Waals surface area contributed by atoms with E-state index in [1.54, 1.807) is 0 Å². The van der Waals surface area contributed by atoms with Crippen molar-refractivity contribution in [2.75, 3.05) is 31.6 Å². The van der Waals surface area contributed by atoms with Gasteiger partial charge in [-0.15, -0.1) is 0 Å². The van der Waals surface area contributed by atoms with Gasteiger partial charge >= 0.3 is 0 Å². The third-order valence-corrected chi connectivity index (χ3v) is 3.96. The Balaban J connectivity index is 1.63. The predicted molar refractivity (Wildman–Crippen MR) is 80.9 cm³/mol. The first-order chi connectivity index (χ1) is 10.2. The molecule has 1 aromatic rings. The topological polar surface area (TPSA) is 50.8 Å². The Kier molecular flexibility index (Phi) is 4.18. The highest BCUT2D eigenvalue weighted by Crippen LogP contribution is 2.32. The maximum absolute atomic E-state index is 12.4. The fourth-order valence-corrected chi connectivity index (χ4v) is 2.83. The van der Waals surface area contributed by atoms with Crippen LogP contribution in [0.4, 0.5) is 5.69 Å². The molecule has 1 unspecified atom stereocenters. The highest BCUT2D eigenvalue weighted by molar-refractivity contribution is 5.84. The van der Waals surface area contributed by atoms with Crippen molar-refractivity contribution < 1.29 is 14.3 Å². The number of hydrogen-bond acceptors (Lipinski definition) is 4. The van der Waals surface area contributed by atoms with Crippen LogP contribution in [0.25, 0.3) is 0 Å². The van der Waals surface area contributed by atoms with Crippen molar-refractivity contribution in [2.45, 2.75) is 32.2 Å². The third kappa shape index (κ3) is 3.23. The van der Waals surface area contributed by atoms with E-state index < -0.39 is 0 Å². The minimum absolute atomic E-state index is 0.171.